The minimum Gasteiger partial charge on any atom is -0.465 e. The van der Waals surface area contributed by atoms with Crippen molar-refractivity contribution in [2.75, 3.05) is 109 Å². The number of thiocarbonyl (C=S) groups is 1. The minimum absolute atomic E-state index is 0.00810. The molecule has 33 heteroatoms. The Morgan fingerprint density at radius 1 is 0.679 bits per heavy atom. The fourth-order valence-corrected chi connectivity index (χ4v) is 12.4. The predicted molar refractivity (Wildman–Crippen MR) is 422 cm³/mol. The summed E-state index contributed by atoms with van der Waals surface area (Å²) in [5.41, 5.74) is 6.36. The fourth-order valence-electron chi connectivity index (χ4n) is 10.4. The van der Waals surface area contributed by atoms with Gasteiger partial charge in [0.1, 0.15) is 53.9 Å². The Morgan fingerprint density at radius 3 is 1.63 bits per heavy atom. The van der Waals surface area contributed by atoms with Crippen molar-refractivity contribution in [1.82, 2.24) is 39.7 Å². The first-order valence-corrected chi connectivity index (χ1v) is 38.5. The average Bonchev–Trinajstić information content (AvgIpc) is 1.60. The normalized spacial score (nSPS) is 14.9. The van der Waals surface area contributed by atoms with Gasteiger partial charge in [-0.05, 0) is 120 Å². The third kappa shape index (κ3) is 26.2. The highest BCUT2D eigenvalue weighted by Crippen LogP contribution is 2.32. The lowest BCUT2D eigenvalue weighted by Crippen LogP contribution is -2.36. The number of aliphatic imine (C=N–C) groups is 1. The van der Waals surface area contributed by atoms with Gasteiger partial charge in [0.05, 0.1) is 118 Å². The summed E-state index contributed by atoms with van der Waals surface area (Å²) < 4.78 is 81.6. The van der Waals surface area contributed by atoms with Crippen molar-refractivity contribution in [3.8, 4) is 22.5 Å². The van der Waals surface area contributed by atoms with Crippen molar-refractivity contribution in [3.05, 3.63) is 205 Å². The third-order valence-corrected chi connectivity index (χ3v) is 19.0. The molecule has 0 atom stereocenters. The Balaban J connectivity index is 0.000000163. The minimum atomic E-state index is -1.71. The van der Waals surface area contributed by atoms with E-state index >= 15 is 0 Å². The van der Waals surface area contributed by atoms with Crippen molar-refractivity contribution in [2.24, 2.45) is 4.99 Å². The number of H-pyrrole nitrogens is 1. The van der Waals surface area contributed by atoms with E-state index in [4.69, 9.17) is 50.8 Å². The molecule has 9 aromatic rings. The number of aromatic nitrogens is 6. The van der Waals surface area contributed by atoms with Crippen LogP contribution in [0.25, 0.3) is 33.4 Å². The number of hydrogen-bond acceptors (Lipinski definition) is 20. The van der Waals surface area contributed by atoms with Crippen LogP contribution in [-0.2, 0) is 77.3 Å². The number of ether oxygens (including phenoxy) is 7. The number of nitrogens with one attached hydrogen (secondary N) is 4. The first-order valence-electron chi connectivity index (χ1n) is 33.3. The van der Waals surface area contributed by atoms with Crippen LogP contribution in [0.2, 0.25) is 0 Å². The summed E-state index contributed by atoms with van der Waals surface area (Å²) in [5.74, 6) is 0.452. The molecule has 0 unspecified atom stereocenters. The highest BCUT2D eigenvalue weighted by molar-refractivity contribution is 9.11. The second kappa shape index (κ2) is 44.8. The molecule has 5 aromatic carbocycles. The summed E-state index contributed by atoms with van der Waals surface area (Å²) in [4.78, 5) is 57.1. The molecule has 10 heterocycles. The summed E-state index contributed by atoms with van der Waals surface area (Å²) in [6, 6.07) is 36.6. The van der Waals surface area contributed by atoms with E-state index in [1.165, 1.54) is 19.4 Å². The molecule has 562 valence electrons. The molecule has 4 aromatic heterocycles. The third-order valence-electron chi connectivity index (χ3n) is 15.7. The molecule has 0 saturated carbocycles. The molecule has 1 amide bonds. The second-order valence-electron chi connectivity index (χ2n) is 23.2. The molecule has 0 spiro atoms. The molecular weight excluding hydrogens is 1670 g/mol. The summed E-state index contributed by atoms with van der Waals surface area (Å²) >= 11 is 18.8. The number of anilines is 1. The zero-order chi connectivity index (χ0) is 75.7. The monoisotopic (exact) mass is 1750 g/mol. The van der Waals surface area contributed by atoms with Gasteiger partial charge in [-0.1, -0.05) is 107 Å². The Hall–Kier alpha value is -7.35. The van der Waals surface area contributed by atoms with E-state index in [2.05, 4.69) is 104 Å². The standard InChI is InChI=1S/C23H22BN3O4.2C12H10BrFN2O.C8H5Br2FO.C5H9NOS.C5H9NO.C4H7NO2.C4H7NOS/c1-31-23(28)19-13-25-22(21-18(19)12-20(26-21)24(29)30)27(14-16-8-4-2-5-9-16)15-17-10-6-3-7-11-17;2*13-9-3-1-2-8(12(9)14)10-6-16-4-5-17-7-11(16)15-10;9-4-7(12)5-2-1-3-6(10)8(5)11;1-8-5-4-7-3-2-6-5;6-5-2-1-3-7-4-5;6-4-3-7-2-1-5-4;7-4-3-6-2-1-5-4/h2-13,26,29-30H,14-15H2,1H3;2*1-3,6H,4-5,7H2;1-3H,4H2;2-4H2,1H3;6H,1-4H2;1-3H2,(H,5,6);1-3H2,(H,5,7). The van der Waals surface area contributed by atoms with Crippen LogP contribution in [0.4, 0.5) is 19.0 Å². The number of hydrogen-bond donors (Lipinski definition) is 6. The summed E-state index contributed by atoms with van der Waals surface area (Å²) in [6.45, 7) is 12.7. The van der Waals surface area contributed by atoms with Crippen molar-refractivity contribution >= 4 is 151 Å². The smallest absolute Gasteiger partial charge is 0.465 e. The van der Waals surface area contributed by atoms with E-state index in [1.807, 2.05) is 88.4 Å². The van der Waals surface area contributed by atoms with Crippen molar-refractivity contribution in [2.45, 2.75) is 52.2 Å². The molecule has 0 bridgehead atoms. The first-order chi connectivity index (χ1) is 51.3. The topological polar surface area (TPSA) is 284 Å². The highest BCUT2D eigenvalue weighted by atomic mass is 79.9. The van der Waals surface area contributed by atoms with Gasteiger partial charge in [-0.2, -0.15) is 0 Å². The zero-order valence-corrected chi connectivity index (χ0v) is 66.0. The van der Waals surface area contributed by atoms with E-state index in [9.17, 15) is 37.6 Å². The number of methoxy groups -OCH3 is 1. The lowest BCUT2D eigenvalue weighted by Gasteiger charge is -2.25. The lowest BCUT2D eigenvalue weighted by atomic mass is 9.86. The van der Waals surface area contributed by atoms with Crippen LogP contribution in [-0.4, -0.2) is 184 Å². The SMILES string of the molecule is COC(=O)c1cnc(N(Cc2ccccc2)Cc2ccccc2)c2[nH]c(B(O)O)cc12.CSC1=NCCOC1.Fc1c(Br)cccc1-c1cn2c(n1)COCC2.Fc1c(Br)cccc1-c1cn2c(n1)COCC2.N=C1CCCOC1.O=C(CBr)c1cccc(Br)c1F.O=C1COCCN1.S=C1COCCN1. The number of nitrogens with zero attached hydrogens (tertiary/aromatic N) is 7. The molecular formula is C73H79BBr4F3N11O12S2. The van der Waals surface area contributed by atoms with Crippen LogP contribution in [0.15, 0.2) is 158 Å². The molecule has 0 radical (unpaired) electrons. The van der Waals surface area contributed by atoms with Gasteiger partial charge < -0.3 is 78.3 Å². The van der Waals surface area contributed by atoms with E-state index in [1.54, 1.807) is 66.4 Å². The second-order valence-corrected chi connectivity index (χ2v) is 27.7. The Morgan fingerprint density at radius 2 is 1.22 bits per heavy atom. The Kier molecular flexibility index (Phi) is 35.6. The number of amides is 1. The Labute approximate surface area is 655 Å². The zero-order valence-electron chi connectivity index (χ0n) is 58.0. The maximum Gasteiger partial charge on any atom is 0.505 e. The number of halogens is 7. The number of alkyl halides is 1. The summed E-state index contributed by atoms with van der Waals surface area (Å²) in [6.07, 6.45) is 9.23. The number of imidazole rings is 2. The number of benzene rings is 5. The highest BCUT2D eigenvalue weighted by Gasteiger charge is 2.25. The molecule has 106 heavy (non-hydrogen) atoms. The van der Waals surface area contributed by atoms with E-state index < -0.39 is 18.9 Å². The molecule has 6 aliphatic rings. The van der Waals surface area contributed by atoms with Gasteiger partial charge in [-0.15, -0.1) is 11.8 Å². The van der Waals surface area contributed by atoms with Gasteiger partial charge >= 0.3 is 13.1 Å². The van der Waals surface area contributed by atoms with Gasteiger partial charge in [0, 0.05) is 92.3 Å². The number of ketones is 1. The molecule has 3 fully saturated rings. The number of carbonyl (C=O) groups excluding carboxylic acids is 3. The van der Waals surface area contributed by atoms with Crippen LogP contribution in [0, 0.1) is 22.9 Å². The predicted octanol–water partition coefficient (Wildman–Crippen LogP) is 12.0. The van der Waals surface area contributed by atoms with Crippen LogP contribution in [0.5, 0.6) is 0 Å². The number of carbonyl (C=O) groups is 3. The number of rotatable bonds is 11. The van der Waals surface area contributed by atoms with Gasteiger partial charge in [0.2, 0.25) is 5.91 Å². The van der Waals surface area contributed by atoms with E-state index in [0.717, 1.165) is 104 Å². The maximum atomic E-state index is 13.9. The molecule has 6 aliphatic heterocycles. The lowest BCUT2D eigenvalue weighted by molar-refractivity contribution is -0.129. The van der Waals surface area contributed by atoms with E-state index in [-0.39, 0.29) is 52.0 Å². The summed E-state index contributed by atoms with van der Waals surface area (Å²) in [7, 11) is -0.407. The number of aromatic amines is 1. The van der Waals surface area contributed by atoms with Crippen LogP contribution in [0.1, 0.15) is 56.3 Å². The number of thioether (sulfide) groups is 1. The largest absolute Gasteiger partial charge is 0.505 e. The maximum absolute atomic E-state index is 13.9. The first kappa shape index (κ1) is 84.3. The molecule has 23 nitrogen and oxygen atoms in total. The number of Topliss-reactive ketones (excluding diaryl/α,β-unsaturated/α-hetero) is 1. The average molecular weight is 1750 g/mol. The van der Waals surface area contributed by atoms with Gasteiger partial charge in [-0.25, -0.2) is 32.9 Å². The van der Waals surface area contributed by atoms with Crippen molar-refractivity contribution < 1.29 is 70.8 Å². The van der Waals surface area contributed by atoms with Crippen molar-refractivity contribution in [3.63, 3.8) is 0 Å². The number of morpholine rings is 2. The van der Waals surface area contributed by atoms with Crippen molar-refractivity contribution in [1.29, 1.82) is 5.41 Å². The van der Waals surface area contributed by atoms with E-state index in [0.29, 0.717) is 119 Å². The summed E-state index contributed by atoms with van der Waals surface area (Å²) in [5, 5.41) is 33.8. The molecule has 15 rings (SSSR count). The van der Waals surface area contributed by atoms with Crippen LogP contribution in [0.3, 0.4) is 0 Å². The number of esters is 1. The molecule has 6 N–H and O–H groups in total. The number of fused-ring (bicyclic) bond motifs is 3. The molecule has 0 aliphatic carbocycles. The van der Waals surface area contributed by atoms with Crippen LogP contribution < -0.4 is 21.1 Å². The Bertz CT molecular complexity index is 4130. The van der Waals surface area contributed by atoms with Gasteiger partial charge in [-0.3, -0.25) is 14.6 Å². The van der Waals surface area contributed by atoms with Gasteiger partial charge in [0.15, 0.2) is 11.6 Å². The number of pyridine rings is 1. The van der Waals surface area contributed by atoms with Crippen LogP contribution >= 0.6 is 87.7 Å². The molecule has 3 saturated heterocycles. The van der Waals surface area contributed by atoms with Gasteiger partial charge in [0.25, 0.3) is 0 Å². The quantitative estimate of drug-likeness (QED) is 0.0231. The fraction of sp³-hybridized carbons (Fsp3) is 0.329.